The Kier molecular flexibility index (Phi) is 3.81. The third-order valence-electron chi connectivity index (χ3n) is 2.44. The van der Waals surface area contributed by atoms with Gasteiger partial charge in [-0.3, -0.25) is 0 Å². The van der Waals surface area contributed by atoms with E-state index < -0.39 is 0 Å². The van der Waals surface area contributed by atoms with Crippen molar-refractivity contribution in [3.05, 3.63) is 0 Å². The summed E-state index contributed by atoms with van der Waals surface area (Å²) in [6.07, 6.45) is 7.36. The molecule has 0 aromatic carbocycles. The molecule has 1 rings (SSSR count). The summed E-state index contributed by atoms with van der Waals surface area (Å²) in [5.74, 6) is 1.10. The largest absolute Gasteiger partial charge is 0.317 e. The van der Waals surface area contributed by atoms with Crippen molar-refractivity contribution in [1.29, 1.82) is 0 Å². The molecular weight excluding hydrogens is 122 g/mol. The number of hydrogen-bond acceptors (Lipinski definition) is 1. The van der Waals surface area contributed by atoms with Gasteiger partial charge in [-0.25, -0.2) is 0 Å². The van der Waals surface area contributed by atoms with Crippen molar-refractivity contribution < 1.29 is 0 Å². The average molecular weight is 141 g/mol. The average Bonchev–Trinajstić information content (AvgIpc) is 1.84. The zero-order valence-corrected chi connectivity index (χ0v) is 7.03. The normalized spacial score (nSPS) is 18.9. The van der Waals surface area contributed by atoms with Crippen LogP contribution in [-0.4, -0.2) is 13.1 Å². The molecule has 0 amide bonds. The molecule has 0 aliphatic heterocycles. The minimum absolute atomic E-state index is 1.10. The van der Waals surface area contributed by atoms with Gasteiger partial charge in [0.15, 0.2) is 0 Å². The number of hydrogen-bond donors (Lipinski definition) is 1. The Bertz CT molecular complexity index is 76.8. The van der Waals surface area contributed by atoms with E-state index in [0.717, 1.165) is 12.5 Å². The second kappa shape index (κ2) is 4.73. The zero-order valence-electron chi connectivity index (χ0n) is 7.03. The van der Waals surface area contributed by atoms with Gasteiger partial charge in [-0.1, -0.05) is 26.2 Å². The molecule has 0 spiro atoms. The molecule has 0 bridgehead atoms. The summed E-state index contributed by atoms with van der Waals surface area (Å²) in [6.45, 7) is 4.53. The van der Waals surface area contributed by atoms with Gasteiger partial charge in [0, 0.05) is 0 Å². The van der Waals surface area contributed by atoms with Crippen LogP contribution in [0.2, 0.25) is 0 Å². The van der Waals surface area contributed by atoms with Crippen LogP contribution in [0.15, 0.2) is 0 Å². The maximum Gasteiger partial charge on any atom is -0.00489 e. The zero-order chi connectivity index (χ0) is 7.23. The van der Waals surface area contributed by atoms with Gasteiger partial charge in [0.05, 0.1) is 0 Å². The smallest absolute Gasteiger partial charge is 0.00489 e. The molecular formula is C9H19N. The first-order valence-corrected chi connectivity index (χ1v) is 4.64. The first kappa shape index (κ1) is 8.06. The fourth-order valence-corrected chi connectivity index (χ4v) is 1.47. The van der Waals surface area contributed by atoms with E-state index in [4.69, 9.17) is 0 Å². The molecule has 1 saturated carbocycles. The van der Waals surface area contributed by atoms with Gasteiger partial charge in [0.2, 0.25) is 0 Å². The molecule has 1 nitrogen and oxygen atoms in total. The van der Waals surface area contributed by atoms with Crippen LogP contribution in [0.5, 0.6) is 0 Å². The Morgan fingerprint density at radius 2 is 2.20 bits per heavy atom. The first-order chi connectivity index (χ1) is 4.93. The summed E-state index contributed by atoms with van der Waals surface area (Å²) in [7, 11) is 0. The lowest BCUT2D eigenvalue weighted by Gasteiger charge is -2.24. The van der Waals surface area contributed by atoms with Crippen molar-refractivity contribution in [2.45, 2.75) is 39.0 Å². The van der Waals surface area contributed by atoms with Crippen LogP contribution in [0.25, 0.3) is 0 Å². The molecule has 10 heavy (non-hydrogen) atoms. The van der Waals surface area contributed by atoms with Crippen molar-refractivity contribution in [3.63, 3.8) is 0 Å². The summed E-state index contributed by atoms with van der Waals surface area (Å²) in [4.78, 5) is 0. The molecule has 1 fully saturated rings. The monoisotopic (exact) mass is 141 g/mol. The Morgan fingerprint density at radius 1 is 1.40 bits per heavy atom. The highest BCUT2D eigenvalue weighted by molar-refractivity contribution is 4.69. The SMILES string of the molecule is CCNCCCC1CCC1. The summed E-state index contributed by atoms with van der Waals surface area (Å²) in [5, 5.41) is 3.35. The van der Waals surface area contributed by atoms with Gasteiger partial charge in [-0.05, 0) is 31.8 Å². The maximum atomic E-state index is 3.35. The van der Waals surface area contributed by atoms with E-state index in [1.54, 1.807) is 0 Å². The minimum atomic E-state index is 1.10. The van der Waals surface area contributed by atoms with Crippen LogP contribution >= 0.6 is 0 Å². The van der Waals surface area contributed by atoms with E-state index in [1.165, 1.54) is 38.6 Å². The summed E-state index contributed by atoms with van der Waals surface area (Å²) < 4.78 is 0. The molecule has 0 aromatic rings. The minimum Gasteiger partial charge on any atom is -0.317 e. The third kappa shape index (κ3) is 2.70. The molecule has 1 heteroatoms. The Balaban J connectivity index is 1.76. The van der Waals surface area contributed by atoms with Gasteiger partial charge in [-0.2, -0.15) is 0 Å². The summed E-state index contributed by atoms with van der Waals surface area (Å²) >= 11 is 0. The van der Waals surface area contributed by atoms with Crippen LogP contribution in [0.1, 0.15) is 39.0 Å². The molecule has 0 saturated heterocycles. The maximum absolute atomic E-state index is 3.35. The van der Waals surface area contributed by atoms with Crippen molar-refractivity contribution in [2.75, 3.05) is 13.1 Å². The fourth-order valence-electron chi connectivity index (χ4n) is 1.47. The Hall–Kier alpha value is -0.0400. The van der Waals surface area contributed by atoms with E-state index in [1.807, 2.05) is 0 Å². The molecule has 0 unspecified atom stereocenters. The summed E-state index contributed by atoms with van der Waals surface area (Å²) in [6, 6.07) is 0. The lowest BCUT2D eigenvalue weighted by atomic mass is 9.82. The van der Waals surface area contributed by atoms with Crippen molar-refractivity contribution in [3.8, 4) is 0 Å². The third-order valence-corrected chi connectivity index (χ3v) is 2.44. The van der Waals surface area contributed by atoms with Gasteiger partial charge >= 0.3 is 0 Å². The quantitative estimate of drug-likeness (QED) is 0.579. The van der Waals surface area contributed by atoms with Gasteiger partial charge in [0.1, 0.15) is 0 Å². The molecule has 0 aromatic heterocycles. The van der Waals surface area contributed by atoms with E-state index in [9.17, 15) is 0 Å². The highest BCUT2D eigenvalue weighted by Gasteiger charge is 2.15. The van der Waals surface area contributed by atoms with E-state index in [2.05, 4.69) is 12.2 Å². The van der Waals surface area contributed by atoms with Crippen LogP contribution in [0, 0.1) is 5.92 Å². The summed E-state index contributed by atoms with van der Waals surface area (Å²) in [5.41, 5.74) is 0. The van der Waals surface area contributed by atoms with Gasteiger partial charge < -0.3 is 5.32 Å². The second-order valence-corrected chi connectivity index (χ2v) is 3.29. The van der Waals surface area contributed by atoms with E-state index in [-0.39, 0.29) is 0 Å². The van der Waals surface area contributed by atoms with Crippen LogP contribution in [0.3, 0.4) is 0 Å². The molecule has 60 valence electrons. The van der Waals surface area contributed by atoms with Gasteiger partial charge in [-0.15, -0.1) is 0 Å². The number of rotatable bonds is 5. The van der Waals surface area contributed by atoms with Gasteiger partial charge in [0.25, 0.3) is 0 Å². The second-order valence-electron chi connectivity index (χ2n) is 3.29. The molecule has 0 atom stereocenters. The predicted molar refractivity (Wildman–Crippen MR) is 45.1 cm³/mol. The first-order valence-electron chi connectivity index (χ1n) is 4.64. The van der Waals surface area contributed by atoms with Crippen LogP contribution in [0.4, 0.5) is 0 Å². The van der Waals surface area contributed by atoms with Crippen LogP contribution in [-0.2, 0) is 0 Å². The molecule has 0 heterocycles. The molecule has 1 N–H and O–H groups in total. The predicted octanol–water partition coefficient (Wildman–Crippen LogP) is 2.18. The number of nitrogens with one attached hydrogen (secondary N) is 1. The highest BCUT2D eigenvalue weighted by atomic mass is 14.8. The van der Waals surface area contributed by atoms with Crippen LogP contribution < -0.4 is 5.32 Å². The van der Waals surface area contributed by atoms with E-state index in [0.29, 0.717) is 0 Å². The van der Waals surface area contributed by atoms with E-state index >= 15 is 0 Å². The standard InChI is InChI=1S/C9H19N/c1-2-10-8-4-7-9-5-3-6-9/h9-10H,2-8H2,1H3. The Morgan fingerprint density at radius 3 is 2.70 bits per heavy atom. The molecule has 0 radical (unpaired) electrons. The lowest BCUT2D eigenvalue weighted by Crippen LogP contribution is -2.17. The molecule has 1 aliphatic rings. The van der Waals surface area contributed by atoms with Crippen molar-refractivity contribution in [2.24, 2.45) is 5.92 Å². The van der Waals surface area contributed by atoms with Crippen molar-refractivity contribution >= 4 is 0 Å². The molecule has 1 aliphatic carbocycles. The topological polar surface area (TPSA) is 12.0 Å². The lowest BCUT2D eigenvalue weighted by molar-refractivity contribution is 0.289. The Labute approximate surface area is 64.2 Å². The highest BCUT2D eigenvalue weighted by Crippen LogP contribution is 2.29. The van der Waals surface area contributed by atoms with Crippen molar-refractivity contribution in [1.82, 2.24) is 5.32 Å². The fraction of sp³-hybridized carbons (Fsp3) is 1.00.